The molecule has 0 heterocycles. The summed E-state index contributed by atoms with van der Waals surface area (Å²) in [5, 5.41) is 0. The molecule has 0 saturated heterocycles. The van der Waals surface area contributed by atoms with Crippen LogP contribution in [0.15, 0.2) is 24.3 Å². The number of esters is 1. The van der Waals surface area contributed by atoms with Crippen LogP contribution in [0.2, 0.25) is 25.7 Å². The van der Waals surface area contributed by atoms with Crippen molar-refractivity contribution in [3.63, 3.8) is 0 Å². The molecule has 0 amide bonds. The van der Waals surface area contributed by atoms with Crippen LogP contribution >= 0.6 is 0 Å². The van der Waals surface area contributed by atoms with Gasteiger partial charge in [0.25, 0.3) is 0 Å². The zero-order chi connectivity index (χ0) is 13.8. The van der Waals surface area contributed by atoms with Gasteiger partial charge in [0, 0.05) is 13.6 Å². The van der Waals surface area contributed by atoms with Crippen molar-refractivity contribution in [3.05, 3.63) is 35.4 Å². The van der Waals surface area contributed by atoms with E-state index in [9.17, 15) is 9.59 Å². The lowest BCUT2D eigenvalue weighted by atomic mass is 10.1. The summed E-state index contributed by atoms with van der Waals surface area (Å²) in [6.07, 6.45) is 0. The maximum atomic E-state index is 11.7. The van der Waals surface area contributed by atoms with Crippen molar-refractivity contribution in [2.45, 2.75) is 32.6 Å². The van der Waals surface area contributed by atoms with Gasteiger partial charge in [-0.15, -0.1) is 0 Å². The highest BCUT2D eigenvalue weighted by molar-refractivity contribution is 6.76. The molecule has 0 N–H and O–H groups in total. The third-order valence-electron chi connectivity index (χ3n) is 2.61. The number of ketones is 1. The summed E-state index contributed by atoms with van der Waals surface area (Å²) in [5.41, 5.74) is 1.10. The summed E-state index contributed by atoms with van der Waals surface area (Å²) in [4.78, 5) is 22.8. The molecule has 0 aromatic heterocycles. The number of hydrogen-bond acceptors (Lipinski definition) is 3. The molecule has 0 bridgehead atoms. The van der Waals surface area contributed by atoms with Crippen molar-refractivity contribution in [3.8, 4) is 0 Å². The average Bonchev–Trinajstić information content (AvgIpc) is 2.27. The van der Waals surface area contributed by atoms with E-state index in [0.717, 1.165) is 6.04 Å². The molecular formula is C14H20O3Si. The van der Waals surface area contributed by atoms with Gasteiger partial charge < -0.3 is 4.74 Å². The van der Waals surface area contributed by atoms with Crippen molar-refractivity contribution in [2.75, 3.05) is 6.61 Å². The number of carbonyl (C=O) groups excluding carboxylic acids is 2. The lowest BCUT2D eigenvalue weighted by Gasteiger charge is -2.15. The van der Waals surface area contributed by atoms with Gasteiger partial charge in [0.15, 0.2) is 5.78 Å². The molecular weight excluding hydrogens is 244 g/mol. The van der Waals surface area contributed by atoms with E-state index in [0.29, 0.717) is 17.7 Å². The normalized spacial score (nSPS) is 11.1. The first-order valence-corrected chi connectivity index (χ1v) is 9.78. The van der Waals surface area contributed by atoms with E-state index in [1.54, 1.807) is 24.3 Å². The van der Waals surface area contributed by atoms with E-state index in [1.807, 2.05) is 0 Å². The van der Waals surface area contributed by atoms with Crippen LogP contribution in [0, 0.1) is 0 Å². The Hall–Kier alpha value is -1.42. The number of hydrogen-bond donors (Lipinski definition) is 0. The largest absolute Gasteiger partial charge is 0.462 e. The summed E-state index contributed by atoms with van der Waals surface area (Å²) in [6.45, 7) is 8.69. The maximum absolute atomic E-state index is 11.7. The molecule has 0 aliphatic heterocycles. The highest BCUT2D eigenvalue weighted by Gasteiger charge is 2.14. The second-order valence-electron chi connectivity index (χ2n) is 5.58. The van der Waals surface area contributed by atoms with E-state index >= 15 is 0 Å². The van der Waals surface area contributed by atoms with Crippen LogP contribution in [-0.2, 0) is 4.74 Å². The Kier molecular flexibility index (Phi) is 4.84. The van der Waals surface area contributed by atoms with Gasteiger partial charge in [0.2, 0.25) is 0 Å². The molecule has 0 saturated carbocycles. The van der Waals surface area contributed by atoms with E-state index in [-0.39, 0.29) is 11.8 Å². The van der Waals surface area contributed by atoms with E-state index in [4.69, 9.17) is 4.74 Å². The Bertz CT molecular complexity index is 429. The Morgan fingerprint density at radius 2 is 1.56 bits per heavy atom. The number of Topliss-reactive ketones (excluding diaryl/α,β-unsaturated/α-hetero) is 1. The van der Waals surface area contributed by atoms with Gasteiger partial charge in [-0.05, 0) is 25.1 Å². The SMILES string of the molecule is CC(=O)c1ccc(C(=O)OCC[Si](C)(C)C)cc1. The molecule has 1 aromatic rings. The van der Waals surface area contributed by atoms with E-state index < -0.39 is 8.07 Å². The minimum atomic E-state index is -1.17. The number of carbonyl (C=O) groups is 2. The quantitative estimate of drug-likeness (QED) is 0.465. The lowest BCUT2D eigenvalue weighted by molar-refractivity contribution is 0.0525. The predicted octanol–water partition coefficient (Wildman–Crippen LogP) is 3.38. The second-order valence-corrected chi connectivity index (χ2v) is 11.2. The molecule has 18 heavy (non-hydrogen) atoms. The minimum Gasteiger partial charge on any atom is -0.462 e. The van der Waals surface area contributed by atoms with Gasteiger partial charge in [0.05, 0.1) is 12.2 Å². The van der Waals surface area contributed by atoms with Crippen LogP contribution in [0.3, 0.4) is 0 Å². The van der Waals surface area contributed by atoms with Gasteiger partial charge in [-0.25, -0.2) is 4.79 Å². The van der Waals surface area contributed by atoms with Crippen LogP contribution in [0.1, 0.15) is 27.6 Å². The molecule has 1 aromatic carbocycles. The Morgan fingerprint density at radius 3 is 2.00 bits per heavy atom. The molecule has 4 heteroatoms. The first kappa shape index (κ1) is 14.6. The Balaban J connectivity index is 2.54. The zero-order valence-corrected chi connectivity index (χ0v) is 12.4. The summed E-state index contributed by atoms with van der Waals surface area (Å²) in [6, 6.07) is 7.53. The van der Waals surface area contributed by atoms with Gasteiger partial charge >= 0.3 is 5.97 Å². The first-order chi connectivity index (χ1) is 8.29. The van der Waals surface area contributed by atoms with Gasteiger partial charge in [-0.2, -0.15) is 0 Å². The molecule has 0 radical (unpaired) electrons. The van der Waals surface area contributed by atoms with Crippen molar-refractivity contribution in [1.82, 2.24) is 0 Å². The highest BCUT2D eigenvalue weighted by atomic mass is 28.3. The third kappa shape index (κ3) is 4.83. The first-order valence-electron chi connectivity index (χ1n) is 6.08. The second kappa shape index (κ2) is 5.95. The third-order valence-corrected chi connectivity index (χ3v) is 4.32. The standard InChI is InChI=1S/C14H20O3Si/c1-11(15)12-5-7-13(8-6-12)14(16)17-9-10-18(2,3)4/h5-8H,9-10H2,1-4H3. The molecule has 0 aliphatic carbocycles. The molecule has 0 atom stereocenters. The fourth-order valence-electron chi connectivity index (χ4n) is 1.37. The van der Waals surface area contributed by atoms with Crippen molar-refractivity contribution in [1.29, 1.82) is 0 Å². The molecule has 3 nitrogen and oxygen atoms in total. The maximum Gasteiger partial charge on any atom is 0.338 e. The molecule has 1 rings (SSSR count). The van der Waals surface area contributed by atoms with Crippen LogP contribution in [0.25, 0.3) is 0 Å². The van der Waals surface area contributed by atoms with Crippen LogP contribution in [0.4, 0.5) is 0 Å². The number of ether oxygens (including phenoxy) is 1. The average molecular weight is 264 g/mol. The topological polar surface area (TPSA) is 43.4 Å². The summed E-state index contributed by atoms with van der Waals surface area (Å²) in [7, 11) is -1.17. The van der Waals surface area contributed by atoms with E-state index in [2.05, 4.69) is 19.6 Å². The van der Waals surface area contributed by atoms with Crippen LogP contribution in [0.5, 0.6) is 0 Å². The van der Waals surface area contributed by atoms with Gasteiger partial charge in [-0.1, -0.05) is 31.8 Å². The highest BCUT2D eigenvalue weighted by Crippen LogP contribution is 2.10. The Labute approximate surface area is 109 Å². The number of rotatable bonds is 5. The summed E-state index contributed by atoms with van der Waals surface area (Å²) < 4.78 is 5.22. The van der Waals surface area contributed by atoms with Crippen molar-refractivity contribution >= 4 is 19.8 Å². The fraction of sp³-hybridized carbons (Fsp3) is 0.429. The predicted molar refractivity (Wildman–Crippen MR) is 74.9 cm³/mol. The molecule has 98 valence electrons. The zero-order valence-electron chi connectivity index (χ0n) is 11.4. The van der Waals surface area contributed by atoms with Gasteiger partial charge in [-0.3, -0.25) is 4.79 Å². The fourth-order valence-corrected chi connectivity index (χ4v) is 2.09. The monoisotopic (exact) mass is 264 g/mol. The molecule has 0 unspecified atom stereocenters. The van der Waals surface area contributed by atoms with Crippen LogP contribution in [-0.4, -0.2) is 26.4 Å². The molecule has 0 aliphatic rings. The van der Waals surface area contributed by atoms with E-state index in [1.165, 1.54) is 6.92 Å². The van der Waals surface area contributed by atoms with Crippen LogP contribution < -0.4 is 0 Å². The number of benzene rings is 1. The van der Waals surface area contributed by atoms with Gasteiger partial charge in [0.1, 0.15) is 0 Å². The smallest absolute Gasteiger partial charge is 0.338 e. The van der Waals surface area contributed by atoms with Crippen molar-refractivity contribution in [2.24, 2.45) is 0 Å². The lowest BCUT2D eigenvalue weighted by Crippen LogP contribution is -2.22. The van der Waals surface area contributed by atoms with Crippen molar-refractivity contribution < 1.29 is 14.3 Å². The summed E-state index contributed by atoms with van der Waals surface area (Å²) >= 11 is 0. The molecule has 0 fully saturated rings. The minimum absolute atomic E-state index is 0.00588. The summed E-state index contributed by atoms with van der Waals surface area (Å²) in [5.74, 6) is -0.322. The Morgan fingerprint density at radius 1 is 1.06 bits per heavy atom. The molecule has 0 spiro atoms.